The van der Waals surface area contributed by atoms with Crippen LogP contribution in [0.3, 0.4) is 0 Å². The Morgan fingerprint density at radius 1 is 1.24 bits per heavy atom. The molecule has 1 atom stereocenters. The van der Waals surface area contributed by atoms with Gasteiger partial charge < -0.3 is 5.11 Å². The van der Waals surface area contributed by atoms with Crippen LogP contribution in [0.25, 0.3) is 0 Å². The minimum Gasteiger partial charge on any atom is -0.377 e. The summed E-state index contributed by atoms with van der Waals surface area (Å²) in [7, 11) is 0. The summed E-state index contributed by atoms with van der Waals surface area (Å²) in [4.78, 5) is 0. The van der Waals surface area contributed by atoms with E-state index >= 15 is 0 Å². The summed E-state index contributed by atoms with van der Waals surface area (Å²) in [6, 6.07) is 10.0. The highest BCUT2D eigenvalue weighted by Gasteiger charge is 2.35. The zero-order valence-corrected chi connectivity index (χ0v) is 10.9. The monoisotopic (exact) mass is 260 g/mol. The third-order valence-electron chi connectivity index (χ3n) is 3.12. The highest BCUT2D eigenvalue weighted by atomic mass is 32.2. The lowest BCUT2D eigenvalue weighted by Crippen LogP contribution is -2.24. The minimum absolute atomic E-state index is 0.903. The molecule has 0 aliphatic carbocycles. The molecule has 3 heteroatoms. The molecule has 1 aromatic carbocycles. The molecular formula is C14H12OS2. The van der Waals surface area contributed by atoms with Crippen molar-refractivity contribution >= 4 is 23.1 Å². The molecule has 0 saturated heterocycles. The van der Waals surface area contributed by atoms with Gasteiger partial charge in [-0.3, -0.25) is 0 Å². The van der Waals surface area contributed by atoms with E-state index in [1.54, 1.807) is 29.2 Å². The lowest BCUT2D eigenvalue weighted by molar-refractivity contribution is 0.132. The number of thioether (sulfide) groups is 1. The van der Waals surface area contributed by atoms with E-state index in [1.807, 2.05) is 29.6 Å². The van der Waals surface area contributed by atoms with Crippen LogP contribution < -0.4 is 0 Å². The molecule has 86 valence electrons. The first-order valence-corrected chi connectivity index (χ1v) is 7.27. The second-order valence-corrected chi connectivity index (χ2v) is 6.20. The van der Waals surface area contributed by atoms with Gasteiger partial charge in [0.2, 0.25) is 0 Å². The van der Waals surface area contributed by atoms with Crippen LogP contribution in [0.1, 0.15) is 16.7 Å². The van der Waals surface area contributed by atoms with Crippen molar-refractivity contribution in [1.82, 2.24) is 0 Å². The highest BCUT2D eigenvalue weighted by molar-refractivity contribution is 8.00. The maximum absolute atomic E-state index is 10.9. The van der Waals surface area contributed by atoms with Gasteiger partial charge in [0.05, 0.1) is 4.21 Å². The molecular weight excluding hydrogens is 248 g/mol. The van der Waals surface area contributed by atoms with E-state index in [0.29, 0.717) is 0 Å². The van der Waals surface area contributed by atoms with Crippen LogP contribution in [0, 0.1) is 0 Å². The van der Waals surface area contributed by atoms with Gasteiger partial charge in [0.15, 0.2) is 0 Å². The summed E-state index contributed by atoms with van der Waals surface area (Å²) in [5.74, 6) is 0.903. The van der Waals surface area contributed by atoms with Crippen LogP contribution >= 0.6 is 23.1 Å². The molecule has 1 aliphatic rings. The molecule has 0 bridgehead atoms. The smallest absolute Gasteiger partial charge is 0.135 e. The van der Waals surface area contributed by atoms with E-state index in [2.05, 4.69) is 12.6 Å². The molecule has 0 saturated carbocycles. The van der Waals surface area contributed by atoms with Gasteiger partial charge in [-0.15, -0.1) is 23.1 Å². The van der Waals surface area contributed by atoms with Crippen molar-refractivity contribution in [1.29, 1.82) is 0 Å². The Morgan fingerprint density at radius 3 is 2.88 bits per heavy atom. The number of thiophene rings is 1. The summed E-state index contributed by atoms with van der Waals surface area (Å²) in [5, 5.41) is 13.0. The number of fused-ring (bicyclic) bond motifs is 2. The fourth-order valence-corrected chi connectivity index (χ4v) is 4.43. The second kappa shape index (κ2) is 4.02. The Bertz CT molecular complexity index is 573. The van der Waals surface area contributed by atoms with E-state index in [9.17, 15) is 5.11 Å². The first-order valence-electron chi connectivity index (χ1n) is 5.41. The van der Waals surface area contributed by atoms with E-state index in [4.69, 9.17) is 0 Å². The fraction of sp³-hybridized carbons (Fsp3) is 0.143. The molecule has 0 spiro atoms. The molecule has 2 heterocycles. The fourth-order valence-electron chi connectivity index (χ4n) is 2.22. The molecule has 1 aliphatic heterocycles. The number of aliphatic hydroxyl groups is 1. The average Bonchev–Trinajstić information content (AvgIpc) is 2.81. The Balaban J connectivity index is 2.31. The Morgan fingerprint density at radius 2 is 2.06 bits per heavy atom. The number of hydrogen-bond acceptors (Lipinski definition) is 3. The standard InChI is InChI=1S/C14H12OS2/c1-2-14(15)11-6-4-3-5-10(11)9-17-13-12(14)7-8-16-13/h2-8,15H,1,9H2. The van der Waals surface area contributed by atoms with Crippen molar-refractivity contribution in [2.45, 2.75) is 15.6 Å². The second-order valence-electron chi connectivity index (χ2n) is 4.04. The van der Waals surface area contributed by atoms with Crippen LogP contribution in [0.4, 0.5) is 0 Å². The van der Waals surface area contributed by atoms with Gasteiger partial charge in [-0.05, 0) is 22.6 Å². The van der Waals surface area contributed by atoms with Gasteiger partial charge in [-0.25, -0.2) is 0 Å². The average molecular weight is 260 g/mol. The van der Waals surface area contributed by atoms with E-state index in [1.165, 1.54) is 9.77 Å². The lowest BCUT2D eigenvalue weighted by atomic mass is 9.85. The van der Waals surface area contributed by atoms with Gasteiger partial charge >= 0.3 is 0 Å². The SMILES string of the molecule is C=CC1(O)c2ccccc2CSc2sccc21. The van der Waals surface area contributed by atoms with Crippen molar-refractivity contribution < 1.29 is 5.11 Å². The first kappa shape index (κ1) is 11.1. The molecule has 1 nitrogen and oxygen atoms in total. The van der Waals surface area contributed by atoms with Gasteiger partial charge in [0.25, 0.3) is 0 Å². The highest BCUT2D eigenvalue weighted by Crippen LogP contribution is 2.45. The van der Waals surface area contributed by atoms with Gasteiger partial charge in [-0.1, -0.05) is 36.9 Å². The summed E-state index contributed by atoms with van der Waals surface area (Å²) in [6.07, 6.45) is 1.64. The molecule has 0 fully saturated rings. The molecule has 1 N–H and O–H groups in total. The van der Waals surface area contributed by atoms with Crippen molar-refractivity contribution in [3.05, 3.63) is 65.1 Å². The van der Waals surface area contributed by atoms with Gasteiger partial charge in [0, 0.05) is 11.3 Å². The zero-order chi connectivity index (χ0) is 11.9. The predicted octanol–water partition coefficient (Wildman–Crippen LogP) is 3.78. The van der Waals surface area contributed by atoms with Crippen LogP contribution in [0.5, 0.6) is 0 Å². The first-order chi connectivity index (χ1) is 8.25. The Hall–Kier alpha value is -1.03. The molecule has 1 unspecified atom stereocenters. The van der Waals surface area contributed by atoms with E-state index < -0.39 is 5.60 Å². The van der Waals surface area contributed by atoms with Crippen molar-refractivity contribution in [3.63, 3.8) is 0 Å². The Labute approximate surface area is 109 Å². The van der Waals surface area contributed by atoms with Crippen molar-refractivity contribution in [3.8, 4) is 0 Å². The molecule has 0 amide bonds. The minimum atomic E-state index is -1.05. The molecule has 0 radical (unpaired) electrons. The largest absolute Gasteiger partial charge is 0.377 e. The topological polar surface area (TPSA) is 20.2 Å². The van der Waals surface area contributed by atoms with Crippen LogP contribution in [-0.2, 0) is 11.4 Å². The van der Waals surface area contributed by atoms with Gasteiger partial charge in [0.1, 0.15) is 5.60 Å². The lowest BCUT2D eigenvalue weighted by Gasteiger charge is -2.25. The number of benzene rings is 1. The predicted molar refractivity (Wildman–Crippen MR) is 73.5 cm³/mol. The molecule has 17 heavy (non-hydrogen) atoms. The van der Waals surface area contributed by atoms with Gasteiger partial charge in [-0.2, -0.15) is 0 Å². The van der Waals surface area contributed by atoms with Crippen LogP contribution in [0.15, 0.2) is 52.6 Å². The molecule has 3 rings (SSSR count). The Kier molecular flexibility index (Phi) is 2.62. The number of hydrogen-bond donors (Lipinski definition) is 1. The van der Waals surface area contributed by atoms with Crippen molar-refractivity contribution in [2.24, 2.45) is 0 Å². The maximum atomic E-state index is 10.9. The van der Waals surface area contributed by atoms with E-state index in [0.717, 1.165) is 16.9 Å². The van der Waals surface area contributed by atoms with Crippen molar-refractivity contribution in [2.75, 3.05) is 0 Å². The summed E-state index contributed by atoms with van der Waals surface area (Å²) < 4.78 is 1.18. The van der Waals surface area contributed by atoms with Crippen LogP contribution in [0.2, 0.25) is 0 Å². The zero-order valence-electron chi connectivity index (χ0n) is 9.22. The number of rotatable bonds is 1. The normalized spacial score (nSPS) is 22.4. The van der Waals surface area contributed by atoms with E-state index in [-0.39, 0.29) is 0 Å². The van der Waals surface area contributed by atoms with Crippen LogP contribution in [-0.4, -0.2) is 5.11 Å². The third-order valence-corrected chi connectivity index (χ3v) is 5.41. The molecule has 1 aromatic heterocycles. The quantitative estimate of drug-likeness (QED) is 0.788. The molecule has 2 aromatic rings. The summed E-state index contributed by atoms with van der Waals surface area (Å²) in [6.45, 7) is 3.82. The maximum Gasteiger partial charge on any atom is 0.135 e. The third kappa shape index (κ3) is 1.58. The summed E-state index contributed by atoms with van der Waals surface area (Å²) >= 11 is 3.47. The summed E-state index contributed by atoms with van der Waals surface area (Å²) in [5.41, 5.74) is 2.06.